The van der Waals surface area contributed by atoms with Crippen LogP contribution >= 0.6 is 0 Å². The van der Waals surface area contributed by atoms with Gasteiger partial charge < -0.3 is 9.88 Å². The number of hydrogen-bond acceptors (Lipinski definition) is 4. The molecule has 20 heavy (non-hydrogen) atoms. The van der Waals surface area contributed by atoms with E-state index in [0.29, 0.717) is 18.0 Å². The van der Waals surface area contributed by atoms with E-state index in [1.807, 2.05) is 23.1 Å². The van der Waals surface area contributed by atoms with Crippen LogP contribution in [0.15, 0.2) is 18.5 Å². The van der Waals surface area contributed by atoms with Crippen molar-refractivity contribution in [2.75, 3.05) is 0 Å². The van der Waals surface area contributed by atoms with Crippen molar-refractivity contribution in [3.63, 3.8) is 0 Å². The Labute approximate surface area is 119 Å². The van der Waals surface area contributed by atoms with Gasteiger partial charge in [-0.25, -0.2) is 0 Å². The molecule has 1 aliphatic carbocycles. The summed E-state index contributed by atoms with van der Waals surface area (Å²) in [5.74, 6) is 2.78. The second-order valence-corrected chi connectivity index (χ2v) is 5.70. The van der Waals surface area contributed by atoms with E-state index in [-0.39, 0.29) is 0 Å². The molecule has 1 fully saturated rings. The van der Waals surface area contributed by atoms with Crippen molar-refractivity contribution in [1.82, 2.24) is 29.9 Å². The highest BCUT2D eigenvalue weighted by atomic mass is 15.3. The normalized spacial score (nSPS) is 18.1. The summed E-state index contributed by atoms with van der Waals surface area (Å²) in [4.78, 5) is 0. The van der Waals surface area contributed by atoms with Crippen LogP contribution in [0.2, 0.25) is 0 Å². The number of nitrogens with one attached hydrogen (secondary N) is 1. The van der Waals surface area contributed by atoms with Crippen LogP contribution in [0.3, 0.4) is 0 Å². The van der Waals surface area contributed by atoms with Crippen LogP contribution in [-0.2, 0) is 13.6 Å². The quantitative estimate of drug-likeness (QED) is 0.869. The van der Waals surface area contributed by atoms with Gasteiger partial charge in [-0.1, -0.05) is 0 Å². The van der Waals surface area contributed by atoms with E-state index in [1.54, 1.807) is 0 Å². The van der Waals surface area contributed by atoms with Gasteiger partial charge >= 0.3 is 0 Å². The van der Waals surface area contributed by atoms with Gasteiger partial charge in [0.15, 0.2) is 0 Å². The zero-order valence-electron chi connectivity index (χ0n) is 12.3. The maximum atomic E-state index is 4.31. The van der Waals surface area contributed by atoms with Crippen molar-refractivity contribution in [2.45, 2.75) is 51.2 Å². The van der Waals surface area contributed by atoms with Crippen LogP contribution in [0.25, 0.3) is 0 Å². The molecule has 2 aromatic rings. The van der Waals surface area contributed by atoms with E-state index in [1.165, 1.54) is 12.8 Å². The summed E-state index contributed by atoms with van der Waals surface area (Å²) in [5.41, 5.74) is 0. The lowest BCUT2D eigenvalue weighted by atomic mass is 10.2. The number of aromatic nitrogens is 5. The zero-order valence-corrected chi connectivity index (χ0v) is 12.3. The van der Waals surface area contributed by atoms with E-state index < -0.39 is 0 Å². The molecule has 1 saturated carbocycles. The second-order valence-electron chi connectivity index (χ2n) is 5.70. The topological polar surface area (TPSA) is 60.6 Å². The standard InChI is InChI=1S/C14H22N6/c1-10(11(2)20-8-4-7-16-20)15-9-13-17-18-14(19(13)3)12-5-6-12/h4,7-8,10-12,15H,5-6,9H2,1-3H3. The summed E-state index contributed by atoms with van der Waals surface area (Å²) < 4.78 is 4.11. The van der Waals surface area contributed by atoms with Gasteiger partial charge in [0.2, 0.25) is 0 Å². The summed E-state index contributed by atoms with van der Waals surface area (Å²) >= 11 is 0. The first-order chi connectivity index (χ1) is 9.66. The molecule has 2 aromatic heterocycles. The van der Waals surface area contributed by atoms with E-state index >= 15 is 0 Å². The van der Waals surface area contributed by atoms with Gasteiger partial charge in [0.05, 0.1) is 12.6 Å². The van der Waals surface area contributed by atoms with Gasteiger partial charge in [-0.3, -0.25) is 4.68 Å². The third-order valence-electron chi connectivity index (χ3n) is 4.19. The molecule has 3 rings (SSSR count). The monoisotopic (exact) mass is 274 g/mol. The molecule has 0 aliphatic heterocycles. The number of rotatable bonds is 6. The van der Waals surface area contributed by atoms with Gasteiger partial charge in [-0.15, -0.1) is 10.2 Å². The lowest BCUT2D eigenvalue weighted by Gasteiger charge is -2.21. The van der Waals surface area contributed by atoms with E-state index in [2.05, 4.69) is 46.1 Å². The van der Waals surface area contributed by atoms with E-state index in [4.69, 9.17) is 0 Å². The Balaban J connectivity index is 1.58. The molecule has 6 nitrogen and oxygen atoms in total. The Kier molecular flexibility index (Phi) is 3.56. The molecule has 2 atom stereocenters. The van der Waals surface area contributed by atoms with Crippen LogP contribution in [0, 0.1) is 0 Å². The maximum absolute atomic E-state index is 4.31. The van der Waals surface area contributed by atoms with Crippen molar-refractivity contribution >= 4 is 0 Å². The Morgan fingerprint density at radius 3 is 2.80 bits per heavy atom. The molecule has 6 heteroatoms. The first-order valence-electron chi connectivity index (χ1n) is 7.27. The molecule has 0 saturated heterocycles. The van der Waals surface area contributed by atoms with E-state index in [9.17, 15) is 0 Å². The summed E-state index contributed by atoms with van der Waals surface area (Å²) in [6, 6.07) is 2.57. The van der Waals surface area contributed by atoms with E-state index in [0.717, 1.165) is 18.2 Å². The second kappa shape index (κ2) is 5.36. The Morgan fingerprint density at radius 1 is 1.35 bits per heavy atom. The summed E-state index contributed by atoms with van der Waals surface area (Å²) in [7, 11) is 2.06. The van der Waals surface area contributed by atoms with Crippen LogP contribution in [0.5, 0.6) is 0 Å². The SMILES string of the molecule is CC(NCc1nnc(C2CC2)n1C)C(C)n1cccn1. The number of hydrogen-bond donors (Lipinski definition) is 1. The molecule has 0 bridgehead atoms. The van der Waals surface area contributed by atoms with Gasteiger partial charge in [-0.05, 0) is 32.8 Å². The van der Waals surface area contributed by atoms with Crippen molar-refractivity contribution in [2.24, 2.45) is 7.05 Å². The van der Waals surface area contributed by atoms with Crippen molar-refractivity contribution in [1.29, 1.82) is 0 Å². The van der Waals surface area contributed by atoms with Crippen LogP contribution < -0.4 is 5.32 Å². The predicted octanol–water partition coefficient (Wildman–Crippen LogP) is 1.63. The molecule has 0 spiro atoms. The largest absolute Gasteiger partial charge is 0.317 e. The molecule has 108 valence electrons. The third-order valence-corrected chi connectivity index (χ3v) is 4.19. The summed E-state index contributed by atoms with van der Waals surface area (Å²) in [6.45, 7) is 5.07. The fourth-order valence-electron chi connectivity index (χ4n) is 2.40. The highest BCUT2D eigenvalue weighted by Gasteiger charge is 2.29. The summed E-state index contributed by atoms with van der Waals surface area (Å²) in [5, 5.41) is 16.4. The molecule has 0 aromatic carbocycles. The minimum Gasteiger partial charge on any atom is -0.317 e. The minimum atomic E-state index is 0.307. The number of nitrogens with zero attached hydrogens (tertiary/aromatic N) is 5. The Morgan fingerprint density at radius 2 is 2.15 bits per heavy atom. The first-order valence-corrected chi connectivity index (χ1v) is 7.27. The molecular formula is C14H22N6. The minimum absolute atomic E-state index is 0.307. The molecule has 1 N–H and O–H groups in total. The average molecular weight is 274 g/mol. The fourth-order valence-corrected chi connectivity index (χ4v) is 2.40. The van der Waals surface area contributed by atoms with Crippen molar-refractivity contribution < 1.29 is 0 Å². The molecule has 2 heterocycles. The highest BCUT2D eigenvalue weighted by Crippen LogP contribution is 2.38. The molecule has 0 radical (unpaired) electrons. The highest BCUT2D eigenvalue weighted by molar-refractivity contribution is 5.07. The Hall–Kier alpha value is -1.69. The molecular weight excluding hydrogens is 252 g/mol. The first kappa shape index (κ1) is 13.3. The molecule has 0 amide bonds. The maximum Gasteiger partial charge on any atom is 0.146 e. The lowest BCUT2D eigenvalue weighted by molar-refractivity contribution is 0.360. The van der Waals surface area contributed by atoms with Crippen molar-refractivity contribution in [3.8, 4) is 0 Å². The zero-order chi connectivity index (χ0) is 14.1. The lowest BCUT2D eigenvalue weighted by Crippen LogP contribution is -2.34. The van der Waals surface area contributed by atoms with Gasteiger partial charge in [-0.2, -0.15) is 5.10 Å². The smallest absolute Gasteiger partial charge is 0.146 e. The average Bonchev–Trinajstić information content (AvgIpc) is 3.01. The summed E-state index contributed by atoms with van der Waals surface area (Å²) in [6.07, 6.45) is 6.32. The third kappa shape index (κ3) is 2.60. The molecule has 2 unspecified atom stereocenters. The molecule has 1 aliphatic rings. The van der Waals surface area contributed by atoms with Crippen LogP contribution in [-0.4, -0.2) is 30.6 Å². The fraction of sp³-hybridized carbons (Fsp3) is 0.643. The van der Waals surface area contributed by atoms with Gasteiger partial charge in [0.1, 0.15) is 11.6 Å². The van der Waals surface area contributed by atoms with Crippen molar-refractivity contribution in [3.05, 3.63) is 30.1 Å². The van der Waals surface area contributed by atoms with Gasteiger partial charge in [0.25, 0.3) is 0 Å². The Bertz CT molecular complexity index is 554. The van der Waals surface area contributed by atoms with Gasteiger partial charge in [0, 0.05) is 31.4 Å². The van der Waals surface area contributed by atoms with Crippen LogP contribution in [0.4, 0.5) is 0 Å². The predicted molar refractivity (Wildman–Crippen MR) is 76.2 cm³/mol. The van der Waals surface area contributed by atoms with Crippen LogP contribution in [0.1, 0.15) is 50.3 Å².